The summed E-state index contributed by atoms with van der Waals surface area (Å²) in [5, 5.41) is 0. The van der Waals surface area contributed by atoms with E-state index in [-0.39, 0.29) is 0 Å². The predicted octanol–water partition coefficient (Wildman–Crippen LogP) is 8.47. The normalized spacial score (nSPS) is 18.4. The molecule has 1 saturated carbocycles. The van der Waals surface area contributed by atoms with Crippen LogP contribution in [0.1, 0.15) is 120 Å². The Morgan fingerprint density at radius 2 is 1.30 bits per heavy atom. The highest BCUT2D eigenvalue weighted by molar-refractivity contribution is 5.27. The third-order valence-corrected chi connectivity index (χ3v) is 7.23. The van der Waals surface area contributed by atoms with Gasteiger partial charge in [-0.2, -0.15) is 0 Å². The van der Waals surface area contributed by atoms with Crippen LogP contribution in [0.2, 0.25) is 0 Å². The van der Waals surface area contributed by atoms with Gasteiger partial charge >= 0.3 is 0 Å². The van der Waals surface area contributed by atoms with Gasteiger partial charge in [0.2, 0.25) is 0 Å². The third kappa shape index (κ3) is 9.47. The Morgan fingerprint density at radius 1 is 0.697 bits per heavy atom. The van der Waals surface area contributed by atoms with Crippen LogP contribution in [0.5, 0.6) is 5.75 Å². The fraction of sp³-hybridized carbons (Fsp3) is 0.667. The van der Waals surface area contributed by atoms with Gasteiger partial charge in [-0.3, -0.25) is 0 Å². The van der Waals surface area contributed by atoms with E-state index in [9.17, 15) is 0 Å². The van der Waals surface area contributed by atoms with Gasteiger partial charge in [-0.15, -0.1) is 0 Å². The number of hydrogen-bond acceptors (Lipinski definition) is 3. The van der Waals surface area contributed by atoms with Gasteiger partial charge in [0, 0.05) is 18.3 Å². The van der Waals surface area contributed by atoms with E-state index in [1.165, 1.54) is 101 Å². The quantitative estimate of drug-likeness (QED) is 0.255. The SMILES string of the molecule is CCCCCCCCCc1cnc(C2CCC(COc3ccc(CCCC)cc3)CC2)nc1. The summed E-state index contributed by atoms with van der Waals surface area (Å²) < 4.78 is 6.10. The first kappa shape index (κ1) is 25.7. The second kappa shape index (κ2) is 15.1. The zero-order valence-electron chi connectivity index (χ0n) is 21.2. The molecule has 33 heavy (non-hydrogen) atoms. The Bertz CT molecular complexity index is 748. The number of ether oxygens (including phenoxy) is 1. The van der Waals surface area contributed by atoms with Gasteiger partial charge in [-0.05, 0) is 80.5 Å². The lowest BCUT2D eigenvalue weighted by molar-refractivity contribution is 0.198. The molecular formula is C30H46N2O. The van der Waals surface area contributed by atoms with E-state index in [1.54, 1.807) is 0 Å². The van der Waals surface area contributed by atoms with Gasteiger partial charge in [-0.25, -0.2) is 9.97 Å². The van der Waals surface area contributed by atoms with Crippen LogP contribution in [0, 0.1) is 5.92 Å². The molecule has 1 aliphatic carbocycles. The lowest BCUT2D eigenvalue weighted by Crippen LogP contribution is -2.20. The highest BCUT2D eigenvalue weighted by Crippen LogP contribution is 2.34. The monoisotopic (exact) mass is 450 g/mol. The fourth-order valence-electron chi connectivity index (χ4n) is 4.93. The Morgan fingerprint density at radius 3 is 1.97 bits per heavy atom. The first-order valence-electron chi connectivity index (χ1n) is 13.8. The molecule has 0 saturated heterocycles. The van der Waals surface area contributed by atoms with Crippen LogP contribution < -0.4 is 4.74 Å². The summed E-state index contributed by atoms with van der Waals surface area (Å²) in [6.07, 6.45) is 23.2. The van der Waals surface area contributed by atoms with Crippen molar-refractivity contribution < 1.29 is 4.74 Å². The molecule has 0 spiro atoms. The molecule has 2 aromatic rings. The van der Waals surface area contributed by atoms with Crippen molar-refractivity contribution in [3.63, 3.8) is 0 Å². The smallest absolute Gasteiger partial charge is 0.131 e. The summed E-state index contributed by atoms with van der Waals surface area (Å²) in [4.78, 5) is 9.49. The first-order valence-corrected chi connectivity index (χ1v) is 13.8. The minimum atomic E-state index is 0.520. The average molecular weight is 451 g/mol. The first-order chi connectivity index (χ1) is 16.3. The molecule has 0 amide bonds. The Balaban J connectivity index is 1.31. The van der Waals surface area contributed by atoms with Gasteiger partial charge in [0.25, 0.3) is 0 Å². The van der Waals surface area contributed by atoms with Crippen molar-refractivity contribution in [3.05, 3.63) is 53.6 Å². The molecule has 0 unspecified atom stereocenters. The number of unbranched alkanes of at least 4 members (excludes halogenated alkanes) is 7. The zero-order valence-corrected chi connectivity index (χ0v) is 21.2. The van der Waals surface area contributed by atoms with Crippen molar-refractivity contribution in [1.29, 1.82) is 0 Å². The molecule has 1 aliphatic rings. The molecule has 0 bridgehead atoms. The number of aryl methyl sites for hydroxylation is 2. The molecule has 3 nitrogen and oxygen atoms in total. The van der Waals surface area contributed by atoms with Crippen LogP contribution in [0.4, 0.5) is 0 Å². The Labute approximate surface area is 202 Å². The molecule has 3 rings (SSSR count). The van der Waals surface area contributed by atoms with Crippen LogP contribution in [-0.2, 0) is 12.8 Å². The Hall–Kier alpha value is -1.90. The molecule has 0 aliphatic heterocycles. The maximum Gasteiger partial charge on any atom is 0.131 e. The maximum atomic E-state index is 6.10. The number of benzene rings is 1. The molecule has 0 N–H and O–H groups in total. The van der Waals surface area contributed by atoms with Crippen LogP contribution in [0.15, 0.2) is 36.7 Å². The molecule has 0 atom stereocenters. The van der Waals surface area contributed by atoms with Gasteiger partial charge < -0.3 is 4.74 Å². The highest BCUT2D eigenvalue weighted by Gasteiger charge is 2.24. The van der Waals surface area contributed by atoms with Crippen molar-refractivity contribution in [2.75, 3.05) is 6.61 Å². The Kier molecular flexibility index (Phi) is 11.8. The van der Waals surface area contributed by atoms with Crippen molar-refractivity contribution in [1.82, 2.24) is 9.97 Å². The molecule has 1 aromatic carbocycles. The van der Waals surface area contributed by atoms with E-state index in [0.29, 0.717) is 11.8 Å². The van der Waals surface area contributed by atoms with E-state index in [0.717, 1.165) is 24.6 Å². The number of aromatic nitrogens is 2. The molecular weight excluding hydrogens is 404 g/mol. The van der Waals surface area contributed by atoms with E-state index in [1.807, 2.05) is 0 Å². The van der Waals surface area contributed by atoms with Gasteiger partial charge in [0.15, 0.2) is 0 Å². The van der Waals surface area contributed by atoms with Crippen molar-refractivity contribution >= 4 is 0 Å². The molecule has 3 heteroatoms. The van der Waals surface area contributed by atoms with Gasteiger partial charge in [0.1, 0.15) is 11.6 Å². The van der Waals surface area contributed by atoms with Gasteiger partial charge in [-0.1, -0.05) is 70.9 Å². The summed E-state index contributed by atoms with van der Waals surface area (Å²) in [7, 11) is 0. The number of nitrogens with zero attached hydrogens (tertiary/aromatic N) is 2. The minimum absolute atomic E-state index is 0.520. The zero-order chi connectivity index (χ0) is 23.1. The molecule has 0 radical (unpaired) electrons. The number of rotatable bonds is 15. The lowest BCUT2D eigenvalue weighted by Gasteiger charge is -2.27. The summed E-state index contributed by atoms with van der Waals surface area (Å²) >= 11 is 0. The van der Waals surface area contributed by atoms with Crippen LogP contribution in [-0.4, -0.2) is 16.6 Å². The second-order valence-corrected chi connectivity index (χ2v) is 10.1. The standard InChI is InChI=1S/C30H46N2O/c1-3-5-7-8-9-10-11-13-27-22-31-30(32-23-27)28-18-14-26(15-19-28)24-33-29-20-16-25(17-21-29)12-6-4-2/h16-17,20-23,26,28H,3-15,18-19,24H2,1-2H3. The van der Waals surface area contributed by atoms with E-state index >= 15 is 0 Å². The number of hydrogen-bond donors (Lipinski definition) is 0. The maximum absolute atomic E-state index is 6.10. The van der Waals surface area contributed by atoms with Gasteiger partial charge in [0.05, 0.1) is 6.61 Å². The fourth-order valence-corrected chi connectivity index (χ4v) is 4.93. The van der Waals surface area contributed by atoms with E-state index in [2.05, 4.69) is 50.5 Å². The summed E-state index contributed by atoms with van der Waals surface area (Å²) in [6.45, 7) is 5.35. The third-order valence-electron chi connectivity index (χ3n) is 7.23. The minimum Gasteiger partial charge on any atom is -0.493 e. The van der Waals surface area contributed by atoms with Crippen molar-refractivity contribution in [3.8, 4) is 5.75 Å². The molecule has 1 aromatic heterocycles. The second-order valence-electron chi connectivity index (χ2n) is 10.1. The van der Waals surface area contributed by atoms with Crippen molar-refractivity contribution in [2.24, 2.45) is 5.92 Å². The molecule has 1 fully saturated rings. The molecule has 1 heterocycles. The predicted molar refractivity (Wildman–Crippen MR) is 139 cm³/mol. The highest BCUT2D eigenvalue weighted by atomic mass is 16.5. The van der Waals surface area contributed by atoms with Crippen molar-refractivity contribution in [2.45, 2.75) is 116 Å². The lowest BCUT2D eigenvalue weighted by atomic mass is 9.82. The summed E-state index contributed by atoms with van der Waals surface area (Å²) in [6, 6.07) is 8.71. The largest absolute Gasteiger partial charge is 0.493 e. The van der Waals surface area contributed by atoms with Crippen LogP contribution in [0.25, 0.3) is 0 Å². The average Bonchev–Trinajstić information content (AvgIpc) is 2.87. The van der Waals surface area contributed by atoms with Crippen LogP contribution in [0.3, 0.4) is 0 Å². The topological polar surface area (TPSA) is 35.0 Å². The van der Waals surface area contributed by atoms with Crippen LogP contribution >= 0.6 is 0 Å². The van der Waals surface area contributed by atoms with E-state index < -0.39 is 0 Å². The van der Waals surface area contributed by atoms with E-state index in [4.69, 9.17) is 14.7 Å². The summed E-state index contributed by atoms with van der Waals surface area (Å²) in [5.41, 5.74) is 2.72. The molecule has 182 valence electrons. The summed E-state index contributed by atoms with van der Waals surface area (Å²) in [5.74, 6) is 3.24.